The summed E-state index contributed by atoms with van der Waals surface area (Å²) in [4.78, 5) is 2.47. The maximum atomic E-state index is 10.1. The van der Waals surface area contributed by atoms with Crippen LogP contribution in [0.1, 0.15) is 24.0 Å². The molecular formula is C19H23NO. The zero-order valence-corrected chi connectivity index (χ0v) is 12.4. The first-order valence-electron chi connectivity index (χ1n) is 7.76. The number of hydrogen-bond acceptors (Lipinski definition) is 2. The molecule has 0 aliphatic carbocycles. The van der Waals surface area contributed by atoms with E-state index in [-0.39, 0.29) is 12.1 Å². The van der Waals surface area contributed by atoms with E-state index in [0.717, 1.165) is 25.9 Å². The van der Waals surface area contributed by atoms with Crippen LogP contribution in [0.4, 0.5) is 0 Å². The lowest BCUT2D eigenvalue weighted by Crippen LogP contribution is -2.48. The van der Waals surface area contributed by atoms with Crippen LogP contribution in [-0.4, -0.2) is 28.7 Å². The number of aliphatic hydroxyl groups excluding tert-OH is 1. The highest BCUT2D eigenvalue weighted by molar-refractivity contribution is 5.20. The molecule has 110 valence electrons. The van der Waals surface area contributed by atoms with Gasteiger partial charge in [0.05, 0.1) is 6.61 Å². The molecule has 1 fully saturated rings. The first kappa shape index (κ1) is 14.3. The summed E-state index contributed by atoms with van der Waals surface area (Å²) in [6.07, 6.45) is 3.17. The largest absolute Gasteiger partial charge is 0.394 e. The molecule has 2 nitrogen and oxygen atoms in total. The average molecular weight is 281 g/mol. The first-order valence-corrected chi connectivity index (χ1v) is 7.76. The van der Waals surface area contributed by atoms with Crippen molar-refractivity contribution in [1.29, 1.82) is 0 Å². The van der Waals surface area contributed by atoms with Gasteiger partial charge in [-0.15, -0.1) is 0 Å². The van der Waals surface area contributed by atoms with Gasteiger partial charge in [-0.3, -0.25) is 4.90 Å². The van der Waals surface area contributed by atoms with Crippen LogP contribution in [0.15, 0.2) is 60.7 Å². The minimum Gasteiger partial charge on any atom is -0.394 e. The molecule has 1 aliphatic heterocycles. The summed E-state index contributed by atoms with van der Waals surface area (Å²) >= 11 is 0. The summed E-state index contributed by atoms with van der Waals surface area (Å²) in [5.74, 6) is 0. The number of hydrogen-bond donors (Lipinski definition) is 1. The van der Waals surface area contributed by atoms with E-state index in [1.54, 1.807) is 0 Å². The fourth-order valence-electron chi connectivity index (χ4n) is 3.46. The lowest BCUT2D eigenvalue weighted by atomic mass is 9.88. The minimum atomic E-state index is -0.100. The molecule has 3 rings (SSSR count). The molecule has 0 aromatic heterocycles. The summed E-state index contributed by atoms with van der Waals surface area (Å²) in [7, 11) is 0. The van der Waals surface area contributed by atoms with Gasteiger partial charge in [0.2, 0.25) is 0 Å². The summed E-state index contributed by atoms with van der Waals surface area (Å²) in [6.45, 7) is 2.23. The summed E-state index contributed by atoms with van der Waals surface area (Å²) in [5.41, 5.74) is 2.54. The molecule has 0 spiro atoms. The molecule has 0 radical (unpaired) electrons. The Labute approximate surface area is 127 Å². The molecule has 0 saturated carbocycles. The number of rotatable bonds is 5. The molecule has 2 aromatic rings. The highest BCUT2D eigenvalue weighted by Gasteiger charge is 2.40. The predicted molar refractivity (Wildman–Crippen MR) is 86.0 cm³/mol. The van der Waals surface area contributed by atoms with Crippen LogP contribution >= 0.6 is 0 Å². The second-order valence-corrected chi connectivity index (χ2v) is 6.06. The number of likely N-dealkylation sites (tertiary alicyclic amines) is 1. The van der Waals surface area contributed by atoms with Crippen LogP contribution < -0.4 is 0 Å². The van der Waals surface area contributed by atoms with Gasteiger partial charge in [0.15, 0.2) is 0 Å². The maximum Gasteiger partial charge on any atom is 0.0618 e. The highest BCUT2D eigenvalue weighted by Crippen LogP contribution is 2.33. The fraction of sp³-hybridized carbons (Fsp3) is 0.368. The van der Waals surface area contributed by atoms with Crippen molar-refractivity contribution in [3.05, 3.63) is 71.8 Å². The van der Waals surface area contributed by atoms with Crippen LogP contribution in [0.3, 0.4) is 0 Å². The monoisotopic (exact) mass is 281 g/mol. The van der Waals surface area contributed by atoms with Gasteiger partial charge in [0.25, 0.3) is 0 Å². The van der Waals surface area contributed by atoms with Crippen LogP contribution in [0.25, 0.3) is 0 Å². The van der Waals surface area contributed by atoms with E-state index in [1.165, 1.54) is 17.5 Å². The van der Waals surface area contributed by atoms with Crippen molar-refractivity contribution in [3.8, 4) is 0 Å². The molecule has 1 aliphatic rings. The third-order valence-electron chi connectivity index (χ3n) is 4.63. The Balaban J connectivity index is 1.79. The molecule has 0 amide bonds. The zero-order chi connectivity index (χ0) is 14.5. The second-order valence-electron chi connectivity index (χ2n) is 6.06. The molecule has 1 saturated heterocycles. The van der Waals surface area contributed by atoms with Crippen molar-refractivity contribution >= 4 is 0 Å². The van der Waals surface area contributed by atoms with Crippen molar-refractivity contribution < 1.29 is 5.11 Å². The number of nitrogens with zero attached hydrogens (tertiary/aromatic N) is 1. The van der Waals surface area contributed by atoms with E-state index >= 15 is 0 Å². The summed E-state index contributed by atoms with van der Waals surface area (Å²) in [6, 6.07) is 21.1. The van der Waals surface area contributed by atoms with Gasteiger partial charge in [0.1, 0.15) is 0 Å². The van der Waals surface area contributed by atoms with Gasteiger partial charge >= 0.3 is 0 Å². The number of benzene rings is 2. The Bertz CT molecular complexity index is 554. The predicted octanol–water partition coefficient (Wildman–Crippen LogP) is 3.26. The molecule has 0 unspecified atom stereocenters. The molecule has 1 N–H and O–H groups in total. The van der Waals surface area contributed by atoms with Crippen molar-refractivity contribution in [3.63, 3.8) is 0 Å². The van der Waals surface area contributed by atoms with Gasteiger partial charge in [-0.05, 0) is 36.9 Å². The molecule has 1 heterocycles. The normalized spacial score (nSPS) is 22.5. The SMILES string of the molecule is OC[C@@]1(Cc2ccccc2)CCCN1Cc1ccccc1. The van der Waals surface area contributed by atoms with E-state index in [0.29, 0.717) is 0 Å². The third-order valence-corrected chi connectivity index (χ3v) is 4.63. The molecule has 0 bridgehead atoms. The van der Waals surface area contributed by atoms with Crippen molar-refractivity contribution in [2.75, 3.05) is 13.2 Å². The van der Waals surface area contributed by atoms with Gasteiger partial charge in [0, 0.05) is 12.1 Å². The smallest absolute Gasteiger partial charge is 0.0618 e. The van der Waals surface area contributed by atoms with Crippen LogP contribution in [-0.2, 0) is 13.0 Å². The van der Waals surface area contributed by atoms with E-state index < -0.39 is 0 Å². The van der Waals surface area contributed by atoms with E-state index in [4.69, 9.17) is 0 Å². The van der Waals surface area contributed by atoms with Crippen LogP contribution in [0, 0.1) is 0 Å². The second kappa shape index (κ2) is 6.42. The van der Waals surface area contributed by atoms with Crippen molar-refractivity contribution in [2.24, 2.45) is 0 Å². The lowest BCUT2D eigenvalue weighted by molar-refractivity contribution is 0.0582. The molecule has 21 heavy (non-hydrogen) atoms. The quantitative estimate of drug-likeness (QED) is 0.909. The van der Waals surface area contributed by atoms with Gasteiger partial charge in [-0.25, -0.2) is 0 Å². The lowest BCUT2D eigenvalue weighted by Gasteiger charge is -2.37. The van der Waals surface area contributed by atoms with Gasteiger partial charge in [-0.2, -0.15) is 0 Å². The van der Waals surface area contributed by atoms with Crippen molar-refractivity contribution in [1.82, 2.24) is 4.90 Å². The Morgan fingerprint density at radius 3 is 2.14 bits per heavy atom. The summed E-state index contributed by atoms with van der Waals surface area (Å²) < 4.78 is 0. The summed E-state index contributed by atoms with van der Waals surface area (Å²) in [5, 5.41) is 10.1. The topological polar surface area (TPSA) is 23.5 Å². The van der Waals surface area contributed by atoms with E-state index in [9.17, 15) is 5.11 Å². The maximum absolute atomic E-state index is 10.1. The standard InChI is InChI=1S/C19H23NO/c21-16-19(14-17-8-3-1-4-9-17)12-7-13-20(19)15-18-10-5-2-6-11-18/h1-6,8-11,21H,7,12-16H2/t19-/m0/s1. The van der Waals surface area contributed by atoms with Crippen LogP contribution in [0.5, 0.6) is 0 Å². The molecule has 1 atom stereocenters. The van der Waals surface area contributed by atoms with Gasteiger partial charge < -0.3 is 5.11 Å². The number of aliphatic hydroxyl groups is 1. The van der Waals surface area contributed by atoms with E-state index in [2.05, 4.69) is 59.5 Å². The Hall–Kier alpha value is -1.64. The Kier molecular flexibility index (Phi) is 4.37. The van der Waals surface area contributed by atoms with Crippen LogP contribution in [0.2, 0.25) is 0 Å². The molecule has 2 aromatic carbocycles. The van der Waals surface area contributed by atoms with Gasteiger partial charge in [-0.1, -0.05) is 60.7 Å². The zero-order valence-electron chi connectivity index (χ0n) is 12.4. The fourth-order valence-corrected chi connectivity index (χ4v) is 3.46. The molecular weight excluding hydrogens is 258 g/mol. The molecule has 2 heteroatoms. The Morgan fingerprint density at radius 1 is 0.905 bits per heavy atom. The van der Waals surface area contributed by atoms with E-state index in [1.807, 2.05) is 6.07 Å². The average Bonchev–Trinajstić information content (AvgIpc) is 2.92. The van der Waals surface area contributed by atoms with Crippen molar-refractivity contribution in [2.45, 2.75) is 31.3 Å². The third kappa shape index (κ3) is 3.17. The minimum absolute atomic E-state index is 0.100. The first-order chi connectivity index (χ1) is 10.3. The highest BCUT2D eigenvalue weighted by atomic mass is 16.3. The Morgan fingerprint density at radius 2 is 1.52 bits per heavy atom.